The number of hydrogen-bond donors (Lipinski definition) is 1. The average Bonchev–Trinajstić information content (AvgIpc) is 2.78. The maximum absolute atomic E-state index is 10.9. The van der Waals surface area contributed by atoms with Crippen molar-refractivity contribution in [3.8, 4) is 17.1 Å². The topological polar surface area (TPSA) is 72.6 Å². The molecular formula is C11H9NO4. The third kappa shape index (κ3) is 1.75. The van der Waals surface area contributed by atoms with E-state index in [4.69, 9.17) is 14.3 Å². The minimum atomic E-state index is -1.12. The van der Waals surface area contributed by atoms with Gasteiger partial charge in [0.15, 0.2) is 17.8 Å². The molecule has 0 saturated carbocycles. The maximum Gasteiger partial charge on any atom is 0.358 e. The highest BCUT2D eigenvalue weighted by Crippen LogP contribution is 2.26. The van der Waals surface area contributed by atoms with Gasteiger partial charge in [-0.15, -0.1) is 0 Å². The Labute approximate surface area is 91.3 Å². The summed E-state index contributed by atoms with van der Waals surface area (Å²) in [7, 11) is 1.54. The first kappa shape index (κ1) is 10.2. The number of benzene rings is 1. The van der Waals surface area contributed by atoms with Gasteiger partial charge in [-0.1, -0.05) is 12.1 Å². The van der Waals surface area contributed by atoms with Crippen LogP contribution in [0.25, 0.3) is 11.3 Å². The van der Waals surface area contributed by atoms with Gasteiger partial charge in [0.2, 0.25) is 0 Å². The Morgan fingerprint density at radius 3 is 3.00 bits per heavy atom. The largest absolute Gasteiger partial charge is 0.497 e. The van der Waals surface area contributed by atoms with Gasteiger partial charge in [0.05, 0.1) is 7.11 Å². The number of methoxy groups -OCH3 is 1. The lowest BCUT2D eigenvalue weighted by molar-refractivity contribution is 0.0691. The Balaban J connectivity index is 2.50. The SMILES string of the molecule is COc1cccc(-c2ocnc2C(=O)O)c1. The van der Waals surface area contributed by atoms with Gasteiger partial charge in [-0.25, -0.2) is 9.78 Å². The molecule has 0 aliphatic rings. The molecule has 5 heteroatoms. The van der Waals surface area contributed by atoms with E-state index in [2.05, 4.69) is 4.98 Å². The molecule has 0 bridgehead atoms. The fourth-order valence-electron chi connectivity index (χ4n) is 1.37. The van der Waals surface area contributed by atoms with E-state index in [0.717, 1.165) is 6.39 Å². The molecule has 1 heterocycles. The average molecular weight is 219 g/mol. The summed E-state index contributed by atoms with van der Waals surface area (Å²) in [4.78, 5) is 14.5. The zero-order valence-electron chi connectivity index (χ0n) is 8.51. The molecule has 0 fully saturated rings. The van der Waals surface area contributed by atoms with Crippen molar-refractivity contribution >= 4 is 5.97 Å². The summed E-state index contributed by atoms with van der Waals surface area (Å²) in [5.74, 6) is -0.261. The zero-order valence-corrected chi connectivity index (χ0v) is 8.51. The molecule has 82 valence electrons. The van der Waals surface area contributed by atoms with E-state index in [0.29, 0.717) is 11.3 Å². The van der Waals surface area contributed by atoms with Crippen LogP contribution in [0.5, 0.6) is 5.75 Å². The number of carboxylic acid groups (broad SMARTS) is 1. The number of rotatable bonds is 3. The van der Waals surface area contributed by atoms with Gasteiger partial charge >= 0.3 is 5.97 Å². The molecule has 0 amide bonds. The number of hydrogen-bond acceptors (Lipinski definition) is 4. The van der Waals surface area contributed by atoms with E-state index >= 15 is 0 Å². The molecular weight excluding hydrogens is 210 g/mol. The second kappa shape index (κ2) is 4.06. The summed E-state index contributed by atoms with van der Waals surface area (Å²) < 4.78 is 10.1. The first-order valence-corrected chi connectivity index (χ1v) is 4.53. The van der Waals surface area contributed by atoms with Crippen molar-refractivity contribution in [1.29, 1.82) is 0 Å². The van der Waals surface area contributed by atoms with Crippen LogP contribution in [-0.4, -0.2) is 23.2 Å². The maximum atomic E-state index is 10.9. The van der Waals surface area contributed by atoms with Crippen molar-refractivity contribution in [2.75, 3.05) is 7.11 Å². The van der Waals surface area contributed by atoms with E-state index in [1.165, 1.54) is 7.11 Å². The summed E-state index contributed by atoms with van der Waals surface area (Å²) in [6.45, 7) is 0. The molecule has 1 aromatic heterocycles. The van der Waals surface area contributed by atoms with E-state index in [9.17, 15) is 4.79 Å². The van der Waals surface area contributed by atoms with Crippen LogP contribution in [0, 0.1) is 0 Å². The zero-order chi connectivity index (χ0) is 11.5. The number of aromatic nitrogens is 1. The lowest BCUT2D eigenvalue weighted by atomic mass is 10.1. The van der Waals surface area contributed by atoms with Crippen LogP contribution in [0.1, 0.15) is 10.5 Å². The van der Waals surface area contributed by atoms with Gasteiger partial charge in [0, 0.05) is 5.56 Å². The molecule has 1 aromatic carbocycles. The van der Waals surface area contributed by atoms with E-state index < -0.39 is 5.97 Å². The minimum absolute atomic E-state index is 0.103. The predicted octanol–water partition coefficient (Wildman–Crippen LogP) is 2.05. The van der Waals surface area contributed by atoms with Crippen molar-refractivity contribution in [3.05, 3.63) is 36.4 Å². The normalized spacial score (nSPS) is 10.1. The van der Waals surface area contributed by atoms with E-state index in [1.54, 1.807) is 24.3 Å². The predicted molar refractivity (Wildman–Crippen MR) is 55.5 cm³/mol. The van der Waals surface area contributed by atoms with Crippen molar-refractivity contribution < 1.29 is 19.1 Å². The summed E-state index contributed by atoms with van der Waals surface area (Å²) >= 11 is 0. The third-order valence-electron chi connectivity index (χ3n) is 2.10. The Morgan fingerprint density at radius 1 is 1.50 bits per heavy atom. The molecule has 0 radical (unpaired) electrons. The number of oxazole rings is 1. The van der Waals surface area contributed by atoms with E-state index in [1.807, 2.05) is 0 Å². The van der Waals surface area contributed by atoms with Crippen LogP contribution < -0.4 is 4.74 Å². The van der Waals surface area contributed by atoms with Crippen LogP contribution in [-0.2, 0) is 0 Å². The highest BCUT2D eigenvalue weighted by molar-refractivity contribution is 5.92. The monoisotopic (exact) mass is 219 g/mol. The minimum Gasteiger partial charge on any atom is -0.497 e. The van der Waals surface area contributed by atoms with Crippen LogP contribution in [0.3, 0.4) is 0 Å². The van der Waals surface area contributed by atoms with Crippen molar-refractivity contribution in [3.63, 3.8) is 0 Å². The fraction of sp³-hybridized carbons (Fsp3) is 0.0909. The molecule has 1 N–H and O–H groups in total. The number of carboxylic acids is 1. The molecule has 2 aromatic rings. The highest BCUT2D eigenvalue weighted by Gasteiger charge is 2.17. The van der Waals surface area contributed by atoms with Gasteiger partial charge in [-0.3, -0.25) is 0 Å². The highest BCUT2D eigenvalue weighted by atomic mass is 16.5. The number of carbonyl (C=O) groups is 1. The lowest BCUT2D eigenvalue weighted by Crippen LogP contribution is -1.98. The quantitative estimate of drug-likeness (QED) is 0.855. The van der Waals surface area contributed by atoms with Gasteiger partial charge in [-0.05, 0) is 12.1 Å². The van der Waals surface area contributed by atoms with Crippen LogP contribution in [0.4, 0.5) is 0 Å². The number of ether oxygens (including phenoxy) is 1. The molecule has 0 unspecified atom stereocenters. The number of nitrogens with zero attached hydrogens (tertiary/aromatic N) is 1. The molecule has 0 saturated heterocycles. The molecule has 5 nitrogen and oxygen atoms in total. The Hall–Kier alpha value is -2.30. The number of aromatic carboxylic acids is 1. The van der Waals surface area contributed by atoms with Crippen molar-refractivity contribution in [2.24, 2.45) is 0 Å². The van der Waals surface area contributed by atoms with Crippen LogP contribution in [0.2, 0.25) is 0 Å². The lowest BCUT2D eigenvalue weighted by Gasteiger charge is -2.02. The molecule has 16 heavy (non-hydrogen) atoms. The Bertz CT molecular complexity index is 518. The summed E-state index contributed by atoms with van der Waals surface area (Å²) in [6, 6.07) is 6.94. The van der Waals surface area contributed by atoms with Crippen LogP contribution in [0.15, 0.2) is 35.1 Å². The van der Waals surface area contributed by atoms with Gasteiger partial charge in [-0.2, -0.15) is 0 Å². The molecule has 2 rings (SSSR count). The Morgan fingerprint density at radius 2 is 2.31 bits per heavy atom. The molecule has 0 atom stereocenters. The fourth-order valence-corrected chi connectivity index (χ4v) is 1.37. The first-order valence-electron chi connectivity index (χ1n) is 4.53. The molecule has 0 spiro atoms. The first-order chi connectivity index (χ1) is 7.72. The van der Waals surface area contributed by atoms with Gasteiger partial charge in [0.25, 0.3) is 0 Å². The summed E-state index contributed by atoms with van der Waals surface area (Å²) in [5.41, 5.74) is 0.516. The smallest absolute Gasteiger partial charge is 0.358 e. The van der Waals surface area contributed by atoms with Gasteiger partial charge in [0.1, 0.15) is 5.75 Å². The summed E-state index contributed by atoms with van der Waals surface area (Å²) in [5, 5.41) is 8.89. The second-order valence-corrected chi connectivity index (χ2v) is 3.07. The Kier molecular flexibility index (Phi) is 2.59. The standard InChI is InChI=1S/C11H9NO4/c1-15-8-4-2-3-7(5-8)10-9(11(13)14)12-6-16-10/h2-6H,1H3,(H,13,14). The molecule has 0 aliphatic heterocycles. The second-order valence-electron chi connectivity index (χ2n) is 3.07. The summed E-state index contributed by atoms with van der Waals surface area (Å²) in [6.07, 6.45) is 1.11. The van der Waals surface area contributed by atoms with E-state index in [-0.39, 0.29) is 11.5 Å². The van der Waals surface area contributed by atoms with Crippen LogP contribution >= 0.6 is 0 Å². The van der Waals surface area contributed by atoms with Crippen molar-refractivity contribution in [1.82, 2.24) is 4.98 Å². The van der Waals surface area contributed by atoms with Gasteiger partial charge < -0.3 is 14.3 Å². The third-order valence-corrected chi connectivity index (χ3v) is 2.10. The van der Waals surface area contributed by atoms with Crippen molar-refractivity contribution in [2.45, 2.75) is 0 Å². The molecule has 0 aliphatic carbocycles.